The lowest BCUT2D eigenvalue weighted by Gasteiger charge is -2.09. The number of halogens is 1. The van der Waals surface area contributed by atoms with Crippen molar-refractivity contribution in [2.75, 3.05) is 16.4 Å². The largest absolute Gasteiger partial charge is 0.397 e. The third-order valence-corrected chi connectivity index (χ3v) is 4.31. The molecule has 0 radical (unpaired) electrons. The van der Waals surface area contributed by atoms with Crippen LogP contribution in [-0.4, -0.2) is 25.8 Å². The van der Waals surface area contributed by atoms with Crippen molar-refractivity contribution in [1.82, 2.24) is 19.9 Å². The summed E-state index contributed by atoms with van der Waals surface area (Å²) < 4.78 is 0. The number of nitrogen functional groups attached to an aromatic ring is 1. The highest BCUT2D eigenvalue weighted by Crippen LogP contribution is 2.20. The highest BCUT2D eigenvalue weighted by molar-refractivity contribution is 6.28. The summed E-state index contributed by atoms with van der Waals surface area (Å²) in [4.78, 5) is 27.7. The van der Waals surface area contributed by atoms with Gasteiger partial charge in [0.15, 0.2) is 11.5 Å². The van der Waals surface area contributed by atoms with Gasteiger partial charge < -0.3 is 21.4 Å². The zero-order chi connectivity index (χ0) is 19.5. The van der Waals surface area contributed by atoms with Crippen LogP contribution in [0.2, 0.25) is 5.28 Å². The molecule has 1 amide bonds. The average molecular weight is 394 g/mol. The van der Waals surface area contributed by atoms with Gasteiger partial charge in [0.1, 0.15) is 5.52 Å². The first-order valence-corrected chi connectivity index (χ1v) is 8.83. The Labute approximate surface area is 165 Å². The number of carbonyl (C=O) groups excluding carboxylic acids is 1. The highest BCUT2D eigenvalue weighted by atomic mass is 35.5. The number of nitrogens with two attached hydrogens (primary N) is 1. The summed E-state index contributed by atoms with van der Waals surface area (Å²) in [5, 5.41) is 6.13. The molecule has 0 aliphatic carbocycles. The van der Waals surface area contributed by atoms with Crippen LogP contribution in [0.5, 0.6) is 0 Å². The number of aromatic nitrogens is 4. The number of nitrogens with one attached hydrogen (secondary N) is 3. The van der Waals surface area contributed by atoms with Crippen LogP contribution in [0.1, 0.15) is 15.9 Å². The highest BCUT2D eigenvalue weighted by Gasteiger charge is 2.10. The second-order valence-corrected chi connectivity index (χ2v) is 6.37. The fraction of sp³-hybridized carbons (Fsp3) is 0.0526. The Morgan fingerprint density at radius 2 is 1.89 bits per heavy atom. The van der Waals surface area contributed by atoms with Gasteiger partial charge in [-0.2, -0.15) is 9.97 Å². The van der Waals surface area contributed by atoms with Crippen LogP contribution >= 0.6 is 11.6 Å². The van der Waals surface area contributed by atoms with Gasteiger partial charge >= 0.3 is 0 Å². The molecule has 4 aromatic rings. The first kappa shape index (κ1) is 17.7. The lowest BCUT2D eigenvalue weighted by molar-refractivity contribution is 0.102. The molecule has 2 heterocycles. The van der Waals surface area contributed by atoms with Gasteiger partial charge in [0.25, 0.3) is 5.91 Å². The number of fused-ring (bicyclic) bond motifs is 1. The Morgan fingerprint density at radius 3 is 2.68 bits per heavy atom. The Hall–Kier alpha value is -3.65. The Morgan fingerprint density at radius 1 is 1.11 bits per heavy atom. The molecule has 5 N–H and O–H groups in total. The third-order valence-electron chi connectivity index (χ3n) is 4.14. The van der Waals surface area contributed by atoms with E-state index < -0.39 is 0 Å². The van der Waals surface area contributed by atoms with Crippen molar-refractivity contribution < 1.29 is 4.79 Å². The normalized spacial score (nSPS) is 10.8. The molecule has 2 aromatic carbocycles. The van der Waals surface area contributed by atoms with E-state index in [4.69, 9.17) is 17.3 Å². The molecular formula is C19H16ClN7O. The van der Waals surface area contributed by atoms with Crippen molar-refractivity contribution in [1.29, 1.82) is 0 Å². The van der Waals surface area contributed by atoms with E-state index in [0.717, 1.165) is 5.56 Å². The Balaban J connectivity index is 1.44. The molecule has 140 valence electrons. The summed E-state index contributed by atoms with van der Waals surface area (Å²) in [6.45, 7) is 0.489. The number of rotatable bonds is 5. The van der Waals surface area contributed by atoms with Crippen molar-refractivity contribution in [2.24, 2.45) is 0 Å². The zero-order valence-electron chi connectivity index (χ0n) is 14.6. The molecule has 9 heteroatoms. The SMILES string of the molecule is Nc1ccccc1NC(=O)c1ccc(CNc2nc(Cl)nc3[nH]cnc23)cc1. The summed E-state index contributed by atoms with van der Waals surface area (Å²) in [6.07, 6.45) is 1.54. The maximum atomic E-state index is 12.4. The van der Waals surface area contributed by atoms with Gasteiger partial charge in [0.05, 0.1) is 17.7 Å². The maximum absolute atomic E-state index is 12.4. The number of hydrogen-bond donors (Lipinski definition) is 4. The minimum Gasteiger partial charge on any atom is -0.397 e. The molecule has 0 aliphatic heterocycles. The topological polar surface area (TPSA) is 122 Å². The average Bonchev–Trinajstić information content (AvgIpc) is 3.16. The fourth-order valence-electron chi connectivity index (χ4n) is 2.70. The monoisotopic (exact) mass is 393 g/mol. The molecule has 2 aromatic heterocycles. The Kier molecular flexibility index (Phi) is 4.77. The fourth-order valence-corrected chi connectivity index (χ4v) is 2.87. The van der Waals surface area contributed by atoms with Gasteiger partial charge in [-0.1, -0.05) is 24.3 Å². The van der Waals surface area contributed by atoms with Crippen LogP contribution < -0.4 is 16.4 Å². The molecule has 0 saturated heterocycles. The molecular weight excluding hydrogens is 378 g/mol. The van der Waals surface area contributed by atoms with E-state index in [-0.39, 0.29) is 11.2 Å². The number of aromatic amines is 1. The van der Waals surface area contributed by atoms with Gasteiger partial charge in [-0.15, -0.1) is 0 Å². The molecule has 0 saturated carbocycles. The van der Waals surface area contributed by atoms with Gasteiger partial charge in [0, 0.05) is 12.1 Å². The molecule has 0 aliphatic rings. The second kappa shape index (κ2) is 7.53. The van der Waals surface area contributed by atoms with E-state index in [1.807, 2.05) is 24.3 Å². The van der Waals surface area contributed by atoms with Crippen molar-refractivity contribution in [3.8, 4) is 0 Å². The maximum Gasteiger partial charge on any atom is 0.255 e. The first-order chi connectivity index (χ1) is 13.6. The van der Waals surface area contributed by atoms with E-state index in [0.29, 0.717) is 40.5 Å². The van der Waals surface area contributed by atoms with Crippen LogP contribution in [-0.2, 0) is 6.54 Å². The van der Waals surface area contributed by atoms with E-state index in [2.05, 4.69) is 30.6 Å². The third kappa shape index (κ3) is 3.72. The number of amides is 1. The van der Waals surface area contributed by atoms with Crippen LogP contribution in [0.4, 0.5) is 17.2 Å². The molecule has 0 fully saturated rings. The molecule has 28 heavy (non-hydrogen) atoms. The van der Waals surface area contributed by atoms with Crippen molar-refractivity contribution in [3.05, 3.63) is 71.3 Å². The molecule has 4 rings (SSSR count). The van der Waals surface area contributed by atoms with Crippen LogP contribution in [0.15, 0.2) is 54.9 Å². The van der Waals surface area contributed by atoms with E-state index in [1.165, 1.54) is 6.33 Å². The standard InChI is InChI=1S/C19H16ClN7O/c20-19-26-16(15-17(27-19)24-10-23-15)22-9-11-5-7-12(8-6-11)18(28)25-14-4-2-1-3-13(14)21/h1-8,10H,9,21H2,(H,25,28)(H2,22,23,24,26,27). The van der Waals surface area contributed by atoms with Crippen LogP contribution in [0, 0.1) is 0 Å². The van der Waals surface area contributed by atoms with E-state index in [9.17, 15) is 4.79 Å². The van der Waals surface area contributed by atoms with E-state index in [1.54, 1.807) is 24.3 Å². The number of anilines is 3. The first-order valence-electron chi connectivity index (χ1n) is 8.45. The van der Waals surface area contributed by atoms with Gasteiger partial charge in [-0.25, -0.2) is 4.98 Å². The number of hydrogen-bond acceptors (Lipinski definition) is 6. The molecule has 0 bridgehead atoms. The summed E-state index contributed by atoms with van der Waals surface area (Å²) in [5.74, 6) is 0.316. The summed E-state index contributed by atoms with van der Waals surface area (Å²) in [7, 11) is 0. The predicted molar refractivity (Wildman–Crippen MR) is 109 cm³/mol. The second-order valence-electron chi connectivity index (χ2n) is 6.03. The summed E-state index contributed by atoms with van der Waals surface area (Å²) >= 11 is 5.93. The van der Waals surface area contributed by atoms with Gasteiger partial charge in [-0.05, 0) is 41.4 Å². The Bertz CT molecular complexity index is 1140. The molecule has 0 atom stereocenters. The molecule has 0 unspecified atom stereocenters. The molecule has 8 nitrogen and oxygen atoms in total. The summed E-state index contributed by atoms with van der Waals surface area (Å²) in [6, 6.07) is 14.4. The van der Waals surface area contributed by atoms with Crippen LogP contribution in [0.3, 0.4) is 0 Å². The van der Waals surface area contributed by atoms with Crippen molar-refractivity contribution in [2.45, 2.75) is 6.54 Å². The summed E-state index contributed by atoms with van der Waals surface area (Å²) in [5.41, 5.74) is 9.64. The number of H-pyrrole nitrogens is 1. The number of nitrogens with zero attached hydrogens (tertiary/aromatic N) is 3. The minimum atomic E-state index is -0.224. The molecule has 0 spiro atoms. The van der Waals surface area contributed by atoms with Gasteiger partial charge in [0.2, 0.25) is 5.28 Å². The number of para-hydroxylation sites is 2. The zero-order valence-corrected chi connectivity index (χ0v) is 15.4. The number of benzene rings is 2. The van der Waals surface area contributed by atoms with Crippen LogP contribution in [0.25, 0.3) is 11.2 Å². The van der Waals surface area contributed by atoms with Crippen molar-refractivity contribution in [3.63, 3.8) is 0 Å². The number of imidazole rings is 1. The minimum absolute atomic E-state index is 0.131. The predicted octanol–water partition coefficient (Wildman–Crippen LogP) is 3.45. The van der Waals surface area contributed by atoms with E-state index >= 15 is 0 Å². The smallest absolute Gasteiger partial charge is 0.255 e. The van der Waals surface area contributed by atoms with Gasteiger partial charge in [-0.3, -0.25) is 4.79 Å². The van der Waals surface area contributed by atoms with Crippen molar-refractivity contribution >= 4 is 45.9 Å². The number of carbonyl (C=O) groups is 1. The lowest BCUT2D eigenvalue weighted by atomic mass is 10.1. The lowest BCUT2D eigenvalue weighted by Crippen LogP contribution is -2.13. The quantitative estimate of drug-likeness (QED) is 0.304.